The lowest BCUT2D eigenvalue weighted by Gasteiger charge is -2.10. The van der Waals surface area contributed by atoms with Crippen molar-refractivity contribution in [1.29, 1.82) is 0 Å². The van der Waals surface area contributed by atoms with Gasteiger partial charge in [-0.3, -0.25) is 4.79 Å². The number of carbonyl (C=O) groups excluding carboxylic acids is 1. The Balaban J connectivity index is 2.57. The Morgan fingerprint density at radius 1 is 1.33 bits per heavy atom. The summed E-state index contributed by atoms with van der Waals surface area (Å²) in [6.45, 7) is 1.94. The van der Waals surface area contributed by atoms with Crippen molar-refractivity contribution in [2.75, 3.05) is 0 Å². The minimum Gasteiger partial charge on any atom is -0.351 e. The average molecular weight is 280 g/mol. The summed E-state index contributed by atoms with van der Waals surface area (Å²) in [5.41, 5.74) is -0.113. The first-order valence-electron chi connectivity index (χ1n) is 5.42. The lowest BCUT2D eigenvalue weighted by atomic mass is 10.1. The third-order valence-corrected chi connectivity index (χ3v) is 2.90. The van der Waals surface area contributed by atoms with Crippen molar-refractivity contribution >= 4 is 17.5 Å². The smallest absolute Gasteiger partial charge is 0.351 e. The largest absolute Gasteiger partial charge is 0.416 e. The molecule has 1 aromatic rings. The molecule has 0 aliphatic carbocycles. The van der Waals surface area contributed by atoms with Gasteiger partial charge >= 0.3 is 6.18 Å². The fourth-order valence-electron chi connectivity index (χ4n) is 1.30. The molecule has 2 nitrogen and oxygen atoms in total. The van der Waals surface area contributed by atoms with Crippen molar-refractivity contribution in [3.8, 4) is 0 Å². The minimum atomic E-state index is -4.34. The Morgan fingerprint density at radius 3 is 2.33 bits per heavy atom. The van der Waals surface area contributed by atoms with E-state index >= 15 is 0 Å². The highest BCUT2D eigenvalue weighted by molar-refractivity contribution is 6.30. The standard InChI is InChI=1S/C12H13ClF3NO/c1-2-10(13)11(18)17-7-8-3-5-9(6-4-8)12(14,15)16/h3-6,10H,2,7H2,1H3,(H,17,18). The summed E-state index contributed by atoms with van der Waals surface area (Å²) in [7, 11) is 0. The van der Waals surface area contributed by atoms with E-state index in [2.05, 4.69) is 5.32 Å². The maximum absolute atomic E-state index is 12.3. The molecule has 0 aliphatic heterocycles. The van der Waals surface area contributed by atoms with Gasteiger partial charge in [0.2, 0.25) is 5.91 Å². The summed E-state index contributed by atoms with van der Waals surface area (Å²) in [5, 5.41) is 1.94. The Kier molecular flexibility index (Phi) is 5.02. The van der Waals surface area contributed by atoms with E-state index in [-0.39, 0.29) is 12.5 Å². The monoisotopic (exact) mass is 279 g/mol. The van der Waals surface area contributed by atoms with Crippen LogP contribution in [-0.4, -0.2) is 11.3 Å². The topological polar surface area (TPSA) is 29.1 Å². The summed E-state index contributed by atoms with van der Waals surface area (Å²) in [4.78, 5) is 11.4. The van der Waals surface area contributed by atoms with Crippen molar-refractivity contribution in [2.24, 2.45) is 0 Å². The van der Waals surface area contributed by atoms with E-state index in [0.717, 1.165) is 12.1 Å². The minimum absolute atomic E-state index is 0.167. The molecule has 1 unspecified atom stereocenters. The molecular weight excluding hydrogens is 267 g/mol. The summed E-state index contributed by atoms with van der Waals surface area (Å²) < 4.78 is 36.9. The molecule has 0 saturated heterocycles. The highest BCUT2D eigenvalue weighted by atomic mass is 35.5. The van der Waals surface area contributed by atoms with Gasteiger partial charge in [-0.2, -0.15) is 13.2 Å². The molecule has 1 amide bonds. The molecule has 18 heavy (non-hydrogen) atoms. The maximum Gasteiger partial charge on any atom is 0.416 e. The normalized spacial score (nSPS) is 13.2. The van der Waals surface area contributed by atoms with E-state index in [0.29, 0.717) is 12.0 Å². The zero-order chi connectivity index (χ0) is 13.8. The molecular formula is C12H13ClF3NO. The first-order chi connectivity index (χ1) is 8.34. The van der Waals surface area contributed by atoms with E-state index in [9.17, 15) is 18.0 Å². The van der Waals surface area contributed by atoms with E-state index in [1.807, 2.05) is 0 Å². The van der Waals surface area contributed by atoms with Crippen LogP contribution in [0.1, 0.15) is 24.5 Å². The highest BCUT2D eigenvalue weighted by Crippen LogP contribution is 2.29. The van der Waals surface area contributed by atoms with E-state index in [4.69, 9.17) is 11.6 Å². The third kappa shape index (κ3) is 4.22. The Hall–Kier alpha value is -1.23. The van der Waals surface area contributed by atoms with Gasteiger partial charge in [-0.1, -0.05) is 19.1 Å². The number of halogens is 4. The van der Waals surface area contributed by atoms with Crippen LogP contribution in [0.5, 0.6) is 0 Å². The Labute approximate surface area is 108 Å². The molecule has 6 heteroatoms. The first kappa shape index (κ1) is 14.8. The molecule has 1 atom stereocenters. The third-order valence-electron chi connectivity index (χ3n) is 2.39. The number of amides is 1. The van der Waals surface area contributed by atoms with Crippen LogP contribution in [0.25, 0.3) is 0 Å². The van der Waals surface area contributed by atoms with Crippen LogP contribution in [0.3, 0.4) is 0 Å². The van der Waals surface area contributed by atoms with Gasteiger partial charge in [-0.15, -0.1) is 11.6 Å². The molecule has 0 aliphatic rings. The first-order valence-corrected chi connectivity index (χ1v) is 5.86. The van der Waals surface area contributed by atoms with Crippen LogP contribution in [0.4, 0.5) is 13.2 Å². The van der Waals surface area contributed by atoms with Crippen LogP contribution in [0.2, 0.25) is 0 Å². The van der Waals surface area contributed by atoms with E-state index in [1.54, 1.807) is 6.92 Å². The van der Waals surface area contributed by atoms with Crippen LogP contribution in [0, 0.1) is 0 Å². The quantitative estimate of drug-likeness (QED) is 0.842. The predicted octanol–water partition coefficient (Wildman–Crippen LogP) is 3.34. The summed E-state index contributed by atoms with van der Waals surface area (Å²) in [5.74, 6) is -0.320. The molecule has 0 heterocycles. The second-order valence-electron chi connectivity index (χ2n) is 3.79. The molecule has 0 aromatic heterocycles. The van der Waals surface area contributed by atoms with Crippen molar-refractivity contribution in [1.82, 2.24) is 5.32 Å². The fourth-order valence-corrected chi connectivity index (χ4v) is 1.37. The average Bonchev–Trinajstić information content (AvgIpc) is 2.34. The van der Waals surface area contributed by atoms with Gasteiger partial charge in [0.1, 0.15) is 5.38 Å². The number of hydrogen-bond acceptors (Lipinski definition) is 1. The molecule has 1 N–H and O–H groups in total. The van der Waals surface area contributed by atoms with Crippen molar-refractivity contribution < 1.29 is 18.0 Å². The summed E-state index contributed by atoms with van der Waals surface area (Å²) in [6, 6.07) is 4.63. The lowest BCUT2D eigenvalue weighted by Crippen LogP contribution is -2.30. The lowest BCUT2D eigenvalue weighted by molar-refractivity contribution is -0.137. The zero-order valence-corrected chi connectivity index (χ0v) is 10.5. The number of nitrogens with one attached hydrogen (secondary N) is 1. The Morgan fingerprint density at radius 2 is 1.89 bits per heavy atom. The van der Waals surface area contributed by atoms with Gasteiger partial charge in [0, 0.05) is 6.54 Å². The molecule has 0 fully saturated rings. The molecule has 0 spiro atoms. The van der Waals surface area contributed by atoms with Crippen LogP contribution >= 0.6 is 11.6 Å². The number of alkyl halides is 4. The second-order valence-corrected chi connectivity index (χ2v) is 4.32. The number of rotatable bonds is 4. The number of benzene rings is 1. The second kappa shape index (κ2) is 6.09. The highest BCUT2D eigenvalue weighted by Gasteiger charge is 2.29. The van der Waals surface area contributed by atoms with Gasteiger partial charge in [-0.05, 0) is 24.1 Å². The predicted molar refractivity (Wildman–Crippen MR) is 63.2 cm³/mol. The zero-order valence-electron chi connectivity index (χ0n) is 9.72. The van der Waals surface area contributed by atoms with Crippen LogP contribution in [-0.2, 0) is 17.5 Å². The molecule has 0 saturated carbocycles. The van der Waals surface area contributed by atoms with Crippen molar-refractivity contribution in [2.45, 2.75) is 31.4 Å². The SMILES string of the molecule is CCC(Cl)C(=O)NCc1ccc(C(F)(F)F)cc1. The number of hydrogen-bond donors (Lipinski definition) is 1. The van der Waals surface area contributed by atoms with E-state index < -0.39 is 17.1 Å². The molecule has 0 radical (unpaired) electrons. The van der Waals surface area contributed by atoms with Gasteiger partial charge < -0.3 is 5.32 Å². The van der Waals surface area contributed by atoms with Gasteiger partial charge in [0.15, 0.2) is 0 Å². The molecule has 100 valence electrons. The van der Waals surface area contributed by atoms with Crippen molar-refractivity contribution in [3.05, 3.63) is 35.4 Å². The maximum atomic E-state index is 12.3. The van der Waals surface area contributed by atoms with Crippen molar-refractivity contribution in [3.63, 3.8) is 0 Å². The summed E-state index contributed by atoms with van der Waals surface area (Å²) >= 11 is 5.71. The van der Waals surface area contributed by atoms with Crippen LogP contribution < -0.4 is 5.32 Å². The summed E-state index contributed by atoms with van der Waals surface area (Å²) in [6.07, 6.45) is -3.84. The van der Waals surface area contributed by atoms with Gasteiger partial charge in [-0.25, -0.2) is 0 Å². The van der Waals surface area contributed by atoms with E-state index in [1.165, 1.54) is 12.1 Å². The molecule has 1 rings (SSSR count). The fraction of sp³-hybridized carbons (Fsp3) is 0.417. The molecule has 1 aromatic carbocycles. The molecule has 0 bridgehead atoms. The van der Waals surface area contributed by atoms with Gasteiger partial charge in [0.25, 0.3) is 0 Å². The Bertz CT molecular complexity index is 403. The number of carbonyl (C=O) groups is 1. The van der Waals surface area contributed by atoms with Crippen LogP contribution in [0.15, 0.2) is 24.3 Å². The van der Waals surface area contributed by atoms with Gasteiger partial charge in [0.05, 0.1) is 5.56 Å².